The maximum absolute atomic E-state index is 9.05. The second-order valence-corrected chi connectivity index (χ2v) is 6.36. The Balaban J connectivity index is 2.33. The first-order valence-electron chi connectivity index (χ1n) is 6.73. The van der Waals surface area contributed by atoms with Gasteiger partial charge in [0.2, 0.25) is 0 Å². The standard InChI is InChI=1S/C13H27NOS/c1-3-14-13(10-16-11(2)9-15)12-7-5-4-6-8-12/h11-15H,3-10H2,1-2H3. The quantitative estimate of drug-likeness (QED) is 0.723. The molecule has 16 heavy (non-hydrogen) atoms. The SMILES string of the molecule is CCNC(CSC(C)CO)C1CCCCC1. The Morgan fingerprint density at radius 2 is 2.00 bits per heavy atom. The van der Waals surface area contributed by atoms with Crippen molar-refractivity contribution in [3.63, 3.8) is 0 Å². The summed E-state index contributed by atoms with van der Waals surface area (Å²) in [6.07, 6.45) is 7.03. The largest absolute Gasteiger partial charge is 0.395 e. The molecule has 1 saturated carbocycles. The van der Waals surface area contributed by atoms with Crippen molar-refractivity contribution < 1.29 is 5.11 Å². The van der Waals surface area contributed by atoms with Crippen LogP contribution in [0.2, 0.25) is 0 Å². The highest BCUT2D eigenvalue weighted by Gasteiger charge is 2.23. The van der Waals surface area contributed by atoms with Gasteiger partial charge in [-0.1, -0.05) is 33.1 Å². The molecule has 3 heteroatoms. The molecule has 1 aliphatic rings. The van der Waals surface area contributed by atoms with Gasteiger partial charge in [0.25, 0.3) is 0 Å². The second-order valence-electron chi connectivity index (χ2n) is 4.89. The van der Waals surface area contributed by atoms with Crippen LogP contribution in [0.3, 0.4) is 0 Å². The smallest absolute Gasteiger partial charge is 0.0547 e. The summed E-state index contributed by atoms with van der Waals surface area (Å²) in [5.41, 5.74) is 0. The van der Waals surface area contributed by atoms with E-state index in [1.807, 2.05) is 11.8 Å². The van der Waals surface area contributed by atoms with E-state index in [-0.39, 0.29) is 0 Å². The van der Waals surface area contributed by atoms with E-state index in [0.717, 1.165) is 18.2 Å². The summed E-state index contributed by atoms with van der Waals surface area (Å²) >= 11 is 1.91. The normalized spacial score (nSPS) is 21.9. The maximum Gasteiger partial charge on any atom is 0.0547 e. The Hall–Kier alpha value is 0.270. The molecule has 0 radical (unpaired) electrons. The minimum absolute atomic E-state index is 0.300. The van der Waals surface area contributed by atoms with Crippen LogP contribution >= 0.6 is 11.8 Å². The van der Waals surface area contributed by atoms with Gasteiger partial charge in [-0.3, -0.25) is 0 Å². The van der Waals surface area contributed by atoms with Gasteiger partial charge in [0.15, 0.2) is 0 Å². The van der Waals surface area contributed by atoms with Crippen LogP contribution in [0.15, 0.2) is 0 Å². The summed E-state index contributed by atoms with van der Waals surface area (Å²) in [5.74, 6) is 2.02. The van der Waals surface area contributed by atoms with Crippen LogP contribution < -0.4 is 5.32 Å². The van der Waals surface area contributed by atoms with E-state index >= 15 is 0 Å². The fourth-order valence-corrected chi connectivity index (χ4v) is 3.51. The van der Waals surface area contributed by atoms with Crippen molar-refractivity contribution in [2.45, 2.75) is 57.2 Å². The molecule has 2 unspecified atom stereocenters. The lowest BCUT2D eigenvalue weighted by molar-refractivity contribution is 0.285. The fraction of sp³-hybridized carbons (Fsp3) is 1.00. The topological polar surface area (TPSA) is 32.3 Å². The number of rotatable bonds is 7. The van der Waals surface area contributed by atoms with Crippen molar-refractivity contribution in [2.75, 3.05) is 18.9 Å². The van der Waals surface area contributed by atoms with Crippen LogP contribution in [0.1, 0.15) is 46.0 Å². The van der Waals surface area contributed by atoms with Crippen molar-refractivity contribution in [3.05, 3.63) is 0 Å². The Morgan fingerprint density at radius 3 is 2.56 bits per heavy atom. The number of thioether (sulfide) groups is 1. The number of hydrogen-bond acceptors (Lipinski definition) is 3. The van der Waals surface area contributed by atoms with Crippen LogP contribution in [0, 0.1) is 5.92 Å². The zero-order valence-electron chi connectivity index (χ0n) is 10.7. The molecular weight excluding hydrogens is 218 g/mol. The monoisotopic (exact) mass is 245 g/mol. The molecule has 1 fully saturated rings. The molecule has 0 amide bonds. The van der Waals surface area contributed by atoms with Gasteiger partial charge in [-0.2, -0.15) is 11.8 Å². The third-order valence-corrected chi connectivity index (χ3v) is 4.77. The van der Waals surface area contributed by atoms with Gasteiger partial charge < -0.3 is 10.4 Å². The van der Waals surface area contributed by atoms with Crippen molar-refractivity contribution in [1.29, 1.82) is 0 Å². The van der Waals surface area contributed by atoms with E-state index < -0.39 is 0 Å². The molecule has 1 aliphatic carbocycles. The minimum atomic E-state index is 0.300. The molecule has 0 aromatic heterocycles. The van der Waals surface area contributed by atoms with E-state index in [1.54, 1.807) is 0 Å². The molecule has 96 valence electrons. The Kier molecular flexibility index (Phi) is 7.50. The van der Waals surface area contributed by atoms with Gasteiger partial charge in [-0.05, 0) is 25.3 Å². The van der Waals surface area contributed by atoms with Crippen LogP contribution in [0.25, 0.3) is 0 Å². The molecule has 0 bridgehead atoms. The number of hydrogen-bond donors (Lipinski definition) is 2. The average molecular weight is 245 g/mol. The molecule has 0 heterocycles. The van der Waals surface area contributed by atoms with Crippen molar-refractivity contribution in [2.24, 2.45) is 5.92 Å². The van der Waals surface area contributed by atoms with E-state index in [4.69, 9.17) is 5.11 Å². The fourth-order valence-electron chi connectivity index (χ4n) is 2.48. The molecular formula is C13H27NOS. The Bertz CT molecular complexity index is 171. The van der Waals surface area contributed by atoms with Crippen molar-refractivity contribution >= 4 is 11.8 Å². The summed E-state index contributed by atoms with van der Waals surface area (Å²) < 4.78 is 0. The number of aliphatic hydroxyl groups is 1. The van der Waals surface area contributed by atoms with E-state index in [0.29, 0.717) is 17.9 Å². The Morgan fingerprint density at radius 1 is 1.31 bits per heavy atom. The van der Waals surface area contributed by atoms with Gasteiger partial charge in [0.1, 0.15) is 0 Å². The lowest BCUT2D eigenvalue weighted by Crippen LogP contribution is -2.39. The van der Waals surface area contributed by atoms with Gasteiger partial charge >= 0.3 is 0 Å². The lowest BCUT2D eigenvalue weighted by Gasteiger charge is -2.31. The molecule has 2 nitrogen and oxygen atoms in total. The van der Waals surface area contributed by atoms with E-state index in [2.05, 4.69) is 19.2 Å². The van der Waals surface area contributed by atoms with Gasteiger partial charge in [0, 0.05) is 17.0 Å². The van der Waals surface area contributed by atoms with Crippen LogP contribution in [0.4, 0.5) is 0 Å². The predicted octanol–water partition coefficient (Wildman–Crippen LogP) is 2.66. The average Bonchev–Trinajstić information content (AvgIpc) is 2.35. The highest BCUT2D eigenvalue weighted by molar-refractivity contribution is 7.99. The predicted molar refractivity (Wildman–Crippen MR) is 73.0 cm³/mol. The third-order valence-electron chi connectivity index (χ3n) is 3.50. The second kappa shape index (κ2) is 8.37. The van der Waals surface area contributed by atoms with Gasteiger partial charge in [-0.25, -0.2) is 0 Å². The molecule has 0 spiro atoms. The van der Waals surface area contributed by atoms with Crippen LogP contribution in [-0.2, 0) is 0 Å². The summed E-state index contributed by atoms with van der Waals surface area (Å²) in [6.45, 7) is 5.66. The first kappa shape index (κ1) is 14.3. The summed E-state index contributed by atoms with van der Waals surface area (Å²) in [6, 6.07) is 0.657. The first-order valence-corrected chi connectivity index (χ1v) is 7.78. The van der Waals surface area contributed by atoms with E-state index in [1.165, 1.54) is 32.1 Å². The first-order chi connectivity index (χ1) is 7.77. The highest BCUT2D eigenvalue weighted by Crippen LogP contribution is 2.28. The van der Waals surface area contributed by atoms with Crippen molar-refractivity contribution in [3.8, 4) is 0 Å². The van der Waals surface area contributed by atoms with Crippen LogP contribution in [-0.4, -0.2) is 35.3 Å². The van der Waals surface area contributed by atoms with E-state index in [9.17, 15) is 0 Å². The molecule has 0 aromatic carbocycles. The minimum Gasteiger partial charge on any atom is -0.395 e. The Labute approximate surface area is 105 Å². The molecule has 0 aromatic rings. The molecule has 1 rings (SSSR count). The third kappa shape index (κ3) is 5.07. The highest BCUT2D eigenvalue weighted by atomic mass is 32.2. The molecule has 2 atom stereocenters. The van der Waals surface area contributed by atoms with Crippen molar-refractivity contribution in [1.82, 2.24) is 5.32 Å². The number of nitrogens with one attached hydrogen (secondary N) is 1. The van der Waals surface area contributed by atoms with Crippen LogP contribution in [0.5, 0.6) is 0 Å². The maximum atomic E-state index is 9.05. The summed E-state index contributed by atoms with van der Waals surface area (Å²) in [5, 5.41) is 13.1. The molecule has 0 aliphatic heterocycles. The van der Waals surface area contributed by atoms with Gasteiger partial charge in [0.05, 0.1) is 6.61 Å². The number of aliphatic hydroxyl groups excluding tert-OH is 1. The molecule has 2 N–H and O–H groups in total. The van der Waals surface area contributed by atoms with Gasteiger partial charge in [-0.15, -0.1) is 0 Å². The zero-order valence-corrected chi connectivity index (χ0v) is 11.6. The lowest BCUT2D eigenvalue weighted by atomic mass is 9.84. The zero-order chi connectivity index (χ0) is 11.8. The molecule has 0 saturated heterocycles. The summed E-state index contributed by atoms with van der Waals surface area (Å²) in [7, 11) is 0. The summed E-state index contributed by atoms with van der Waals surface area (Å²) in [4.78, 5) is 0.